The van der Waals surface area contributed by atoms with Crippen molar-refractivity contribution in [2.45, 2.75) is 31.3 Å². The maximum atomic E-state index is 13.3. The van der Waals surface area contributed by atoms with Crippen LogP contribution in [0.15, 0.2) is 41.4 Å². The Bertz CT molecular complexity index is 904. The van der Waals surface area contributed by atoms with Crippen molar-refractivity contribution in [3.63, 3.8) is 0 Å². The number of benzene rings is 1. The fourth-order valence-corrected chi connectivity index (χ4v) is 4.95. The Labute approximate surface area is 147 Å². The zero-order valence-electron chi connectivity index (χ0n) is 14.4. The third-order valence-corrected chi connectivity index (χ3v) is 6.35. The molecule has 1 aromatic carbocycles. The highest BCUT2D eigenvalue weighted by Gasteiger charge is 2.35. The van der Waals surface area contributed by atoms with Crippen LogP contribution in [0.3, 0.4) is 0 Å². The average molecular weight is 363 g/mol. The quantitative estimate of drug-likeness (QED) is 0.903. The van der Waals surface area contributed by atoms with Crippen molar-refractivity contribution in [2.75, 3.05) is 19.0 Å². The van der Waals surface area contributed by atoms with Gasteiger partial charge in [0.25, 0.3) is 0 Å². The Morgan fingerprint density at radius 2 is 2.04 bits per heavy atom. The van der Waals surface area contributed by atoms with Crippen LogP contribution in [0.25, 0.3) is 0 Å². The normalized spacial score (nSPS) is 17.8. The van der Waals surface area contributed by atoms with Gasteiger partial charge in [-0.25, -0.2) is 8.42 Å². The van der Waals surface area contributed by atoms with Crippen LogP contribution in [-0.2, 0) is 21.4 Å². The van der Waals surface area contributed by atoms with Crippen molar-refractivity contribution in [3.8, 4) is 5.75 Å². The predicted octanol–water partition coefficient (Wildman–Crippen LogP) is 2.22. The Kier molecular flexibility index (Phi) is 4.57. The lowest BCUT2D eigenvalue weighted by Gasteiger charge is -2.34. The highest BCUT2D eigenvalue weighted by atomic mass is 32.2. The Hall–Kier alpha value is -2.32. The molecule has 2 aromatic rings. The molecule has 8 heteroatoms. The zero-order chi connectivity index (χ0) is 18.2. The molecule has 0 bridgehead atoms. The molecule has 134 valence electrons. The van der Waals surface area contributed by atoms with E-state index in [1.807, 2.05) is 25.3 Å². The monoisotopic (exact) mass is 363 g/mol. The van der Waals surface area contributed by atoms with E-state index in [0.29, 0.717) is 18.8 Å². The topological polar surface area (TPSA) is 80.6 Å². The highest BCUT2D eigenvalue weighted by molar-refractivity contribution is 7.89. The summed E-state index contributed by atoms with van der Waals surface area (Å²) in [6.07, 6.45) is 1.95. The summed E-state index contributed by atoms with van der Waals surface area (Å²) in [5.41, 5.74) is 1.37. The van der Waals surface area contributed by atoms with Gasteiger partial charge < -0.3 is 14.6 Å². The first-order valence-electron chi connectivity index (χ1n) is 7.97. The van der Waals surface area contributed by atoms with Gasteiger partial charge in [0.1, 0.15) is 10.6 Å². The lowest BCUT2D eigenvalue weighted by atomic mass is 10.2. The molecule has 0 radical (unpaired) electrons. The number of rotatable bonds is 4. The summed E-state index contributed by atoms with van der Waals surface area (Å²) in [7, 11) is -2.36. The molecule has 0 aliphatic carbocycles. The van der Waals surface area contributed by atoms with E-state index in [1.165, 1.54) is 24.4 Å². The van der Waals surface area contributed by atoms with E-state index in [0.717, 1.165) is 5.69 Å². The van der Waals surface area contributed by atoms with E-state index in [1.54, 1.807) is 12.1 Å². The smallest absolute Gasteiger partial charge is 0.247 e. The number of ether oxygens (including phenoxy) is 1. The van der Waals surface area contributed by atoms with Gasteiger partial charge in [0.15, 0.2) is 0 Å². The molecule has 1 N–H and O–H groups in total. The van der Waals surface area contributed by atoms with E-state index in [4.69, 9.17) is 4.74 Å². The number of methoxy groups -OCH3 is 1. The van der Waals surface area contributed by atoms with Gasteiger partial charge in [-0.15, -0.1) is 0 Å². The molecule has 1 aliphatic rings. The maximum Gasteiger partial charge on any atom is 0.247 e. The maximum absolute atomic E-state index is 13.3. The summed E-state index contributed by atoms with van der Waals surface area (Å²) in [4.78, 5) is 11.3. The second-order valence-corrected chi connectivity index (χ2v) is 7.82. The number of carbonyl (C=O) groups is 1. The first kappa shape index (κ1) is 17.5. The lowest BCUT2D eigenvalue weighted by molar-refractivity contribution is -0.114. The number of fused-ring (bicyclic) bond motifs is 1. The number of hydrogen-bond donors (Lipinski definition) is 1. The van der Waals surface area contributed by atoms with E-state index >= 15 is 0 Å². The fourth-order valence-electron chi connectivity index (χ4n) is 3.17. The number of aromatic nitrogens is 1. The third-order valence-electron chi connectivity index (χ3n) is 4.36. The van der Waals surface area contributed by atoms with Crippen LogP contribution in [0, 0.1) is 0 Å². The van der Waals surface area contributed by atoms with Crippen LogP contribution in [0.4, 0.5) is 5.69 Å². The van der Waals surface area contributed by atoms with Crippen LogP contribution in [0.2, 0.25) is 0 Å². The molecule has 0 saturated heterocycles. The van der Waals surface area contributed by atoms with Crippen LogP contribution in [0.5, 0.6) is 5.75 Å². The molecule has 3 rings (SSSR count). The van der Waals surface area contributed by atoms with Crippen molar-refractivity contribution in [2.24, 2.45) is 0 Å². The molecule has 2 heterocycles. The third kappa shape index (κ3) is 3.14. The summed E-state index contributed by atoms with van der Waals surface area (Å²) in [5, 5.41) is 2.61. The number of anilines is 1. The van der Waals surface area contributed by atoms with E-state index < -0.39 is 10.0 Å². The molecule has 1 aromatic heterocycles. The van der Waals surface area contributed by atoms with Gasteiger partial charge in [-0.3, -0.25) is 4.79 Å². The van der Waals surface area contributed by atoms with Crippen molar-refractivity contribution >= 4 is 21.6 Å². The Balaban J connectivity index is 2.04. The number of hydrogen-bond acceptors (Lipinski definition) is 4. The standard InChI is InChI=1S/C17H21N3O4S/c1-12-15-5-4-8-19(15)9-10-20(12)25(22,23)17-11-14(18-13(2)21)6-7-16(17)24-3/h4-8,11-12H,9-10H2,1-3H3,(H,18,21)/t12-/m1/s1. The van der Waals surface area contributed by atoms with Crippen LogP contribution in [0.1, 0.15) is 25.6 Å². The SMILES string of the molecule is COc1ccc(NC(C)=O)cc1S(=O)(=O)N1CCn2cccc2[C@H]1C. The first-order valence-corrected chi connectivity index (χ1v) is 9.41. The molecular weight excluding hydrogens is 342 g/mol. The van der Waals surface area contributed by atoms with Gasteiger partial charge in [0.2, 0.25) is 15.9 Å². The Morgan fingerprint density at radius 3 is 2.72 bits per heavy atom. The second-order valence-electron chi connectivity index (χ2n) is 5.97. The fraction of sp³-hybridized carbons (Fsp3) is 0.353. The number of amides is 1. The van der Waals surface area contributed by atoms with Crippen molar-refractivity contribution in [3.05, 3.63) is 42.2 Å². The molecule has 0 fully saturated rings. The van der Waals surface area contributed by atoms with Crippen molar-refractivity contribution in [1.29, 1.82) is 0 Å². The molecule has 1 atom stereocenters. The minimum absolute atomic E-state index is 0.0492. The lowest BCUT2D eigenvalue weighted by Crippen LogP contribution is -2.40. The van der Waals surface area contributed by atoms with Crippen LogP contribution < -0.4 is 10.1 Å². The van der Waals surface area contributed by atoms with Gasteiger partial charge in [-0.05, 0) is 37.3 Å². The average Bonchev–Trinajstić information content (AvgIpc) is 3.04. The highest BCUT2D eigenvalue weighted by Crippen LogP contribution is 2.35. The zero-order valence-corrected chi connectivity index (χ0v) is 15.2. The molecule has 0 unspecified atom stereocenters. The molecule has 1 aliphatic heterocycles. The first-order chi connectivity index (χ1) is 11.8. The minimum Gasteiger partial charge on any atom is -0.495 e. The largest absolute Gasteiger partial charge is 0.495 e. The predicted molar refractivity (Wildman–Crippen MR) is 94.0 cm³/mol. The minimum atomic E-state index is -3.79. The number of sulfonamides is 1. The Morgan fingerprint density at radius 1 is 1.28 bits per heavy atom. The van der Waals surface area contributed by atoms with Gasteiger partial charge in [-0.1, -0.05) is 0 Å². The summed E-state index contributed by atoms with van der Waals surface area (Å²) < 4.78 is 35.3. The number of nitrogens with zero attached hydrogens (tertiary/aromatic N) is 2. The van der Waals surface area contributed by atoms with Gasteiger partial charge in [0.05, 0.1) is 13.2 Å². The summed E-state index contributed by atoms with van der Waals surface area (Å²) in [6, 6.07) is 8.16. The van der Waals surface area contributed by atoms with Crippen molar-refractivity contribution < 1.29 is 17.9 Å². The molecule has 0 saturated carbocycles. The summed E-state index contributed by atoms with van der Waals surface area (Å²) >= 11 is 0. The van der Waals surface area contributed by atoms with Gasteiger partial charge in [-0.2, -0.15) is 4.31 Å². The van der Waals surface area contributed by atoms with Gasteiger partial charge >= 0.3 is 0 Å². The van der Waals surface area contributed by atoms with Crippen LogP contribution in [-0.4, -0.2) is 36.9 Å². The van der Waals surface area contributed by atoms with Gasteiger partial charge in [0, 0.05) is 37.6 Å². The van der Waals surface area contributed by atoms with Crippen molar-refractivity contribution in [1.82, 2.24) is 8.87 Å². The molecular formula is C17H21N3O4S. The molecule has 1 amide bonds. The second kappa shape index (κ2) is 6.53. The summed E-state index contributed by atoms with van der Waals surface area (Å²) in [6.45, 7) is 4.21. The number of nitrogens with one attached hydrogen (secondary N) is 1. The number of carbonyl (C=O) groups excluding carboxylic acids is 1. The molecule has 0 spiro atoms. The van der Waals surface area contributed by atoms with E-state index in [9.17, 15) is 13.2 Å². The molecule has 25 heavy (non-hydrogen) atoms. The van der Waals surface area contributed by atoms with E-state index in [-0.39, 0.29) is 22.6 Å². The summed E-state index contributed by atoms with van der Waals surface area (Å²) in [5.74, 6) is -0.0139. The van der Waals surface area contributed by atoms with Crippen LogP contribution >= 0.6 is 0 Å². The molecule has 7 nitrogen and oxygen atoms in total. The van der Waals surface area contributed by atoms with E-state index in [2.05, 4.69) is 9.88 Å².